The Hall–Kier alpha value is -4.77. The van der Waals surface area contributed by atoms with Crippen molar-refractivity contribution in [2.24, 2.45) is 14.1 Å². The molecule has 0 radical (unpaired) electrons. The van der Waals surface area contributed by atoms with Crippen LogP contribution >= 0.6 is 0 Å². The first kappa shape index (κ1) is 21.3. The van der Waals surface area contributed by atoms with Crippen LogP contribution in [0.1, 0.15) is 5.56 Å². The highest BCUT2D eigenvalue weighted by Crippen LogP contribution is 2.40. The number of methoxy groups -OCH3 is 1. The number of aryl methyl sites for hydroxylation is 2. The van der Waals surface area contributed by atoms with Crippen LogP contribution in [0.3, 0.4) is 0 Å². The van der Waals surface area contributed by atoms with Gasteiger partial charge in [-0.2, -0.15) is 0 Å². The summed E-state index contributed by atoms with van der Waals surface area (Å²) < 4.78 is 12.9. The van der Waals surface area contributed by atoms with Crippen LogP contribution in [0, 0.1) is 0 Å². The third-order valence-electron chi connectivity index (χ3n) is 8.22. The normalized spacial score (nSPS) is 12.2. The molecule has 0 N–H and O–H groups in total. The zero-order valence-corrected chi connectivity index (χ0v) is 21.6. The first-order valence-corrected chi connectivity index (χ1v) is 12.9. The van der Waals surface area contributed by atoms with Crippen molar-refractivity contribution < 1.29 is 4.74 Å². The molecule has 0 atom stereocenters. The van der Waals surface area contributed by atoms with E-state index in [4.69, 9.17) is 4.74 Å². The maximum absolute atomic E-state index is 5.94. The van der Waals surface area contributed by atoms with Gasteiger partial charge in [-0.1, -0.05) is 48.5 Å². The van der Waals surface area contributed by atoms with Crippen LogP contribution in [0.25, 0.3) is 65.5 Å². The summed E-state index contributed by atoms with van der Waals surface area (Å²) in [5.74, 6) is 0.869. The number of nitrogens with zero attached hydrogens (tertiary/aromatic N) is 4. The molecule has 0 saturated heterocycles. The zero-order valence-electron chi connectivity index (χ0n) is 21.6. The van der Waals surface area contributed by atoms with E-state index in [1.54, 1.807) is 7.11 Å². The largest absolute Gasteiger partial charge is 0.495 e. The summed E-state index contributed by atoms with van der Waals surface area (Å²) in [6.45, 7) is 0.730. The summed E-state index contributed by atoms with van der Waals surface area (Å²) in [5, 5.41) is 7.44. The molecule has 0 fully saturated rings. The van der Waals surface area contributed by atoms with Gasteiger partial charge in [0.2, 0.25) is 0 Å². The van der Waals surface area contributed by atoms with Crippen LogP contribution in [-0.2, 0) is 20.6 Å². The van der Waals surface area contributed by atoms with Gasteiger partial charge in [0.05, 0.1) is 23.7 Å². The van der Waals surface area contributed by atoms with Crippen molar-refractivity contribution in [3.05, 3.63) is 96.7 Å². The minimum Gasteiger partial charge on any atom is -0.495 e. The summed E-state index contributed by atoms with van der Waals surface area (Å²) in [6, 6.07) is 30.7. The first-order valence-electron chi connectivity index (χ1n) is 12.9. The molecule has 4 heterocycles. The lowest BCUT2D eigenvalue weighted by atomic mass is 10.1. The standard InChI is InChI=1S/C33H26N4O/c1-35-27-12-6-4-9-21(27)23-14-15-24-22-10-5-7-13-28(22)37(32(24)31(23)35)19-20-17-26-25-11-8-16-34-33(25)36(2)30(26)29(18-20)38-3/h4-18H,19H2,1-3H3. The molecular weight excluding hydrogens is 468 g/mol. The van der Waals surface area contributed by atoms with Crippen molar-refractivity contribution >= 4 is 65.5 Å². The Labute approximate surface area is 219 Å². The predicted molar refractivity (Wildman–Crippen MR) is 157 cm³/mol. The molecule has 0 aliphatic heterocycles. The van der Waals surface area contributed by atoms with Gasteiger partial charge in [-0.15, -0.1) is 0 Å². The fourth-order valence-electron chi connectivity index (χ4n) is 6.59. The van der Waals surface area contributed by atoms with Crippen molar-refractivity contribution in [3.63, 3.8) is 0 Å². The van der Waals surface area contributed by atoms with E-state index < -0.39 is 0 Å². The van der Waals surface area contributed by atoms with Gasteiger partial charge in [0.15, 0.2) is 0 Å². The number of hydrogen-bond acceptors (Lipinski definition) is 2. The molecule has 0 aliphatic carbocycles. The van der Waals surface area contributed by atoms with E-state index in [2.05, 4.69) is 112 Å². The summed E-state index contributed by atoms with van der Waals surface area (Å²) in [6.07, 6.45) is 1.85. The number of aromatic nitrogens is 4. The number of para-hydroxylation sites is 2. The Morgan fingerprint density at radius 1 is 0.632 bits per heavy atom. The van der Waals surface area contributed by atoms with Crippen molar-refractivity contribution in [1.82, 2.24) is 18.7 Å². The van der Waals surface area contributed by atoms with Crippen molar-refractivity contribution in [3.8, 4) is 5.75 Å². The summed E-state index contributed by atoms with van der Waals surface area (Å²) in [7, 11) is 6.00. The maximum atomic E-state index is 5.94. The van der Waals surface area contributed by atoms with Gasteiger partial charge < -0.3 is 18.4 Å². The van der Waals surface area contributed by atoms with Crippen LogP contribution in [-0.4, -0.2) is 25.8 Å². The Kier molecular flexibility index (Phi) is 4.28. The second kappa shape index (κ2) is 7.62. The lowest BCUT2D eigenvalue weighted by Crippen LogP contribution is -2.02. The molecule has 0 saturated carbocycles. The average Bonchev–Trinajstić information content (AvgIpc) is 3.55. The van der Waals surface area contributed by atoms with Crippen LogP contribution < -0.4 is 4.74 Å². The molecule has 0 aliphatic rings. The number of fused-ring (bicyclic) bond motifs is 10. The Bertz CT molecular complexity index is 2230. The number of rotatable bonds is 3. The molecule has 8 rings (SSSR count). The van der Waals surface area contributed by atoms with Crippen molar-refractivity contribution in [1.29, 1.82) is 0 Å². The third-order valence-corrected chi connectivity index (χ3v) is 8.22. The highest BCUT2D eigenvalue weighted by molar-refractivity contribution is 6.22. The number of hydrogen-bond donors (Lipinski definition) is 0. The average molecular weight is 495 g/mol. The van der Waals surface area contributed by atoms with Crippen LogP contribution in [0.2, 0.25) is 0 Å². The fraction of sp³-hybridized carbons (Fsp3) is 0.121. The second-order valence-electron chi connectivity index (χ2n) is 10.2. The van der Waals surface area contributed by atoms with Gasteiger partial charge in [-0.05, 0) is 42.0 Å². The molecule has 4 aromatic carbocycles. The van der Waals surface area contributed by atoms with Gasteiger partial charge in [0.1, 0.15) is 11.4 Å². The number of benzene rings is 4. The van der Waals surface area contributed by atoms with E-state index in [1.165, 1.54) is 54.6 Å². The topological polar surface area (TPSA) is 36.9 Å². The van der Waals surface area contributed by atoms with E-state index in [0.717, 1.165) is 28.8 Å². The maximum Gasteiger partial charge on any atom is 0.143 e. The second-order valence-corrected chi connectivity index (χ2v) is 10.2. The van der Waals surface area contributed by atoms with Crippen LogP contribution in [0.5, 0.6) is 5.75 Å². The lowest BCUT2D eigenvalue weighted by Gasteiger charge is -2.12. The predicted octanol–water partition coefficient (Wildman–Crippen LogP) is 7.54. The van der Waals surface area contributed by atoms with Gasteiger partial charge in [0.25, 0.3) is 0 Å². The van der Waals surface area contributed by atoms with Crippen LogP contribution in [0.15, 0.2) is 91.1 Å². The fourth-order valence-corrected chi connectivity index (χ4v) is 6.59. The molecule has 0 spiro atoms. The van der Waals surface area contributed by atoms with Crippen LogP contribution in [0.4, 0.5) is 0 Å². The van der Waals surface area contributed by atoms with E-state index >= 15 is 0 Å². The van der Waals surface area contributed by atoms with Gasteiger partial charge in [-0.25, -0.2) is 4.98 Å². The minimum absolute atomic E-state index is 0.730. The molecule has 0 amide bonds. The highest BCUT2D eigenvalue weighted by atomic mass is 16.5. The van der Waals surface area contributed by atoms with Crippen molar-refractivity contribution in [2.75, 3.05) is 7.11 Å². The molecule has 5 heteroatoms. The summed E-state index contributed by atoms with van der Waals surface area (Å²) in [4.78, 5) is 4.64. The van der Waals surface area contributed by atoms with E-state index in [-0.39, 0.29) is 0 Å². The minimum atomic E-state index is 0.730. The molecule has 38 heavy (non-hydrogen) atoms. The molecule has 0 unspecified atom stereocenters. The Morgan fingerprint density at radius 3 is 2.11 bits per heavy atom. The first-order chi connectivity index (χ1) is 18.7. The molecule has 8 aromatic rings. The molecule has 5 nitrogen and oxygen atoms in total. The molecule has 184 valence electrons. The quantitative estimate of drug-likeness (QED) is 0.254. The monoisotopic (exact) mass is 494 g/mol. The Morgan fingerprint density at radius 2 is 1.32 bits per heavy atom. The zero-order chi connectivity index (χ0) is 25.5. The molecule has 4 aromatic heterocycles. The van der Waals surface area contributed by atoms with E-state index in [1.807, 2.05) is 12.3 Å². The van der Waals surface area contributed by atoms with Gasteiger partial charge in [0, 0.05) is 70.2 Å². The summed E-state index contributed by atoms with van der Waals surface area (Å²) in [5.41, 5.74) is 8.25. The number of pyridine rings is 1. The highest BCUT2D eigenvalue weighted by Gasteiger charge is 2.20. The third kappa shape index (κ3) is 2.68. The number of ether oxygens (including phenoxy) is 1. The van der Waals surface area contributed by atoms with Gasteiger partial charge >= 0.3 is 0 Å². The molecule has 0 bridgehead atoms. The SMILES string of the molecule is COc1cc(Cn2c3ccccc3c3ccc4c5ccccc5n(C)c4c32)cc2c3cccnc3n(C)c12. The lowest BCUT2D eigenvalue weighted by molar-refractivity contribution is 0.417. The Balaban J connectivity index is 1.47. The molecular formula is C33H26N4O. The summed E-state index contributed by atoms with van der Waals surface area (Å²) >= 11 is 0. The van der Waals surface area contributed by atoms with E-state index in [0.29, 0.717) is 0 Å². The van der Waals surface area contributed by atoms with Crippen molar-refractivity contribution in [2.45, 2.75) is 6.54 Å². The smallest absolute Gasteiger partial charge is 0.143 e. The van der Waals surface area contributed by atoms with E-state index in [9.17, 15) is 0 Å². The van der Waals surface area contributed by atoms with Gasteiger partial charge in [-0.3, -0.25) is 0 Å².